The first-order valence-electron chi connectivity index (χ1n) is 17.6. The van der Waals surface area contributed by atoms with Crippen LogP contribution in [0.2, 0.25) is 0 Å². The Hall–Kier alpha value is -7.04. The van der Waals surface area contributed by atoms with Crippen molar-refractivity contribution in [3.63, 3.8) is 0 Å². The third-order valence-corrected chi connectivity index (χ3v) is 9.47. The number of hydrogen-bond donors (Lipinski definition) is 1. The van der Waals surface area contributed by atoms with Gasteiger partial charge in [0.15, 0.2) is 0 Å². The van der Waals surface area contributed by atoms with Crippen molar-refractivity contribution in [2.75, 3.05) is 15.1 Å². The van der Waals surface area contributed by atoms with Crippen LogP contribution in [0.4, 0.5) is 45.5 Å². The lowest BCUT2D eigenvalue weighted by atomic mass is 10.1. The summed E-state index contributed by atoms with van der Waals surface area (Å²) in [6.45, 7) is 0. The van der Waals surface area contributed by atoms with Gasteiger partial charge in [0, 0.05) is 62.0 Å². The Morgan fingerprint density at radius 2 is 0.769 bits per heavy atom. The predicted molar refractivity (Wildman–Crippen MR) is 220 cm³/mol. The molecule has 248 valence electrons. The number of nitrogens with zero attached hydrogens (tertiary/aromatic N) is 3. The highest BCUT2D eigenvalue weighted by molar-refractivity contribution is 6.10. The average Bonchev–Trinajstić information content (AvgIpc) is 3.54. The van der Waals surface area contributed by atoms with Crippen LogP contribution in [0, 0.1) is 0 Å². The standard InChI is InChI=1S/C48H36N4/c1-5-17-36(18-6-1)49-37-19-15-26-41(33-37)51(43-28-16-27-42(34-43)50(38-20-7-2-8-21-38)39-22-9-3-10-23-39)44-31-32-48-46(35-44)45-29-13-14-30-47(45)52(48)40-24-11-4-12-25-40/h1-35,49H. The van der Waals surface area contributed by atoms with E-state index in [0.717, 1.165) is 51.2 Å². The van der Waals surface area contributed by atoms with Crippen LogP contribution in [0.5, 0.6) is 0 Å². The summed E-state index contributed by atoms with van der Waals surface area (Å²) >= 11 is 0. The molecule has 1 N–H and O–H groups in total. The summed E-state index contributed by atoms with van der Waals surface area (Å²) in [4.78, 5) is 4.67. The molecule has 0 saturated heterocycles. The van der Waals surface area contributed by atoms with Crippen molar-refractivity contribution in [3.05, 3.63) is 212 Å². The van der Waals surface area contributed by atoms with Gasteiger partial charge >= 0.3 is 0 Å². The summed E-state index contributed by atoms with van der Waals surface area (Å²) in [5.74, 6) is 0. The van der Waals surface area contributed by atoms with Crippen LogP contribution in [0.3, 0.4) is 0 Å². The van der Waals surface area contributed by atoms with Gasteiger partial charge in [0.1, 0.15) is 0 Å². The van der Waals surface area contributed by atoms with Crippen molar-refractivity contribution in [1.82, 2.24) is 4.57 Å². The molecule has 0 aliphatic rings. The molecule has 52 heavy (non-hydrogen) atoms. The fourth-order valence-electron chi connectivity index (χ4n) is 7.19. The van der Waals surface area contributed by atoms with E-state index in [2.05, 4.69) is 226 Å². The number of aromatic nitrogens is 1. The lowest BCUT2D eigenvalue weighted by Gasteiger charge is -2.29. The molecule has 0 bridgehead atoms. The lowest BCUT2D eigenvalue weighted by molar-refractivity contribution is 1.18. The molecule has 1 aromatic heterocycles. The summed E-state index contributed by atoms with van der Waals surface area (Å²) in [6, 6.07) is 75.1. The fraction of sp³-hybridized carbons (Fsp3) is 0. The third-order valence-electron chi connectivity index (χ3n) is 9.47. The van der Waals surface area contributed by atoms with Crippen LogP contribution in [0.1, 0.15) is 0 Å². The monoisotopic (exact) mass is 668 g/mol. The van der Waals surface area contributed by atoms with Crippen LogP contribution in [-0.4, -0.2) is 4.57 Å². The maximum Gasteiger partial charge on any atom is 0.0542 e. The number of para-hydroxylation sites is 5. The van der Waals surface area contributed by atoms with Crippen LogP contribution in [0.15, 0.2) is 212 Å². The second-order valence-electron chi connectivity index (χ2n) is 12.8. The molecule has 9 rings (SSSR count). The van der Waals surface area contributed by atoms with E-state index in [1.54, 1.807) is 0 Å². The van der Waals surface area contributed by atoms with Crippen LogP contribution in [0.25, 0.3) is 27.5 Å². The maximum atomic E-state index is 3.61. The molecule has 0 amide bonds. The quantitative estimate of drug-likeness (QED) is 0.166. The largest absolute Gasteiger partial charge is 0.355 e. The second-order valence-corrected chi connectivity index (χ2v) is 12.8. The van der Waals surface area contributed by atoms with Crippen molar-refractivity contribution in [2.45, 2.75) is 0 Å². The smallest absolute Gasteiger partial charge is 0.0542 e. The highest BCUT2D eigenvalue weighted by Gasteiger charge is 2.20. The van der Waals surface area contributed by atoms with Gasteiger partial charge in [-0.15, -0.1) is 0 Å². The summed E-state index contributed by atoms with van der Waals surface area (Å²) < 4.78 is 2.36. The molecular formula is C48H36N4. The maximum absolute atomic E-state index is 3.61. The van der Waals surface area contributed by atoms with Crippen molar-refractivity contribution >= 4 is 67.3 Å². The highest BCUT2D eigenvalue weighted by atomic mass is 15.2. The minimum absolute atomic E-state index is 1.02. The van der Waals surface area contributed by atoms with E-state index in [9.17, 15) is 0 Å². The van der Waals surface area contributed by atoms with Gasteiger partial charge in [-0.2, -0.15) is 0 Å². The number of fused-ring (bicyclic) bond motifs is 3. The second kappa shape index (κ2) is 13.7. The number of anilines is 8. The third kappa shape index (κ3) is 5.93. The minimum atomic E-state index is 1.02. The van der Waals surface area contributed by atoms with Crippen molar-refractivity contribution in [3.8, 4) is 5.69 Å². The summed E-state index contributed by atoms with van der Waals surface area (Å²) in [5, 5.41) is 6.03. The zero-order chi connectivity index (χ0) is 34.7. The predicted octanol–water partition coefficient (Wildman–Crippen LogP) is 13.5. The van der Waals surface area contributed by atoms with E-state index in [-0.39, 0.29) is 0 Å². The Bertz CT molecular complexity index is 2560. The van der Waals surface area contributed by atoms with Crippen molar-refractivity contribution in [2.24, 2.45) is 0 Å². The first-order valence-corrected chi connectivity index (χ1v) is 17.6. The number of benzene rings is 8. The molecule has 0 saturated carbocycles. The van der Waals surface area contributed by atoms with Gasteiger partial charge in [-0.05, 0) is 109 Å². The van der Waals surface area contributed by atoms with Crippen molar-refractivity contribution in [1.29, 1.82) is 0 Å². The van der Waals surface area contributed by atoms with Gasteiger partial charge in [0.05, 0.1) is 11.0 Å². The summed E-state index contributed by atoms with van der Waals surface area (Å²) in [7, 11) is 0. The zero-order valence-corrected chi connectivity index (χ0v) is 28.5. The SMILES string of the molecule is c1ccc(Nc2cccc(N(c3cccc(N(c4ccccc4)c4ccccc4)c3)c3ccc4c(c3)c3ccccc3n4-c3ccccc3)c2)cc1. The molecule has 8 aromatic carbocycles. The molecule has 0 aliphatic heterocycles. The Balaban J connectivity index is 1.23. The van der Waals surface area contributed by atoms with Crippen LogP contribution in [-0.2, 0) is 0 Å². The molecule has 1 heterocycles. The van der Waals surface area contributed by atoms with E-state index in [1.807, 2.05) is 6.07 Å². The molecule has 4 heteroatoms. The first kappa shape index (κ1) is 31.0. The van der Waals surface area contributed by atoms with E-state index >= 15 is 0 Å². The Morgan fingerprint density at radius 1 is 0.308 bits per heavy atom. The first-order chi connectivity index (χ1) is 25.8. The molecule has 0 atom stereocenters. The normalized spacial score (nSPS) is 11.1. The number of hydrogen-bond acceptors (Lipinski definition) is 3. The van der Waals surface area contributed by atoms with E-state index in [0.29, 0.717) is 0 Å². The van der Waals surface area contributed by atoms with Gasteiger partial charge in [-0.3, -0.25) is 0 Å². The van der Waals surface area contributed by atoms with Gasteiger partial charge < -0.3 is 19.7 Å². The number of rotatable bonds is 9. The molecule has 0 aliphatic carbocycles. The molecular weight excluding hydrogens is 633 g/mol. The van der Waals surface area contributed by atoms with Gasteiger partial charge in [0.25, 0.3) is 0 Å². The molecule has 0 unspecified atom stereocenters. The van der Waals surface area contributed by atoms with Gasteiger partial charge in [-0.25, -0.2) is 0 Å². The average molecular weight is 669 g/mol. The Kier molecular flexibility index (Phi) is 8.16. The van der Waals surface area contributed by atoms with E-state index < -0.39 is 0 Å². The van der Waals surface area contributed by atoms with Crippen LogP contribution < -0.4 is 15.1 Å². The molecule has 0 radical (unpaired) electrons. The fourth-order valence-corrected chi connectivity index (χ4v) is 7.19. The topological polar surface area (TPSA) is 23.4 Å². The highest BCUT2D eigenvalue weighted by Crippen LogP contribution is 2.43. The van der Waals surface area contributed by atoms with Gasteiger partial charge in [-0.1, -0.05) is 103 Å². The minimum Gasteiger partial charge on any atom is -0.355 e. The zero-order valence-electron chi connectivity index (χ0n) is 28.5. The molecule has 9 aromatic rings. The number of nitrogens with one attached hydrogen (secondary N) is 1. The summed E-state index contributed by atoms with van der Waals surface area (Å²) in [6.07, 6.45) is 0. The molecule has 4 nitrogen and oxygen atoms in total. The van der Waals surface area contributed by atoms with Crippen LogP contribution >= 0.6 is 0 Å². The Labute approximate surface area is 304 Å². The van der Waals surface area contributed by atoms with E-state index in [4.69, 9.17) is 0 Å². The van der Waals surface area contributed by atoms with Gasteiger partial charge in [0.2, 0.25) is 0 Å². The van der Waals surface area contributed by atoms with Crippen molar-refractivity contribution < 1.29 is 0 Å². The Morgan fingerprint density at radius 3 is 1.44 bits per heavy atom. The lowest BCUT2D eigenvalue weighted by Crippen LogP contribution is -2.13. The molecule has 0 spiro atoms. The molecule has 0 fully saturated rings. The van der Waals surface area contributed by atoms with E-state index in [1.165, 1.54) is 21.8 Å². The summed E-state index contributed by atoms with van der Waals surface area (Å²) in [5.41, 5.74) is 12.0.